The molecule has 150 valence electrons. The molecule has 0 spiro atoms. The third-order valence-corrected chi connectivity index (χ3v) is 5.59. The van der Waals surface area contributed by atoms with E-state index in [2.05, 4.69) is 16.3 Å². The van der Waals surface area contributed by atoms with Gasteiger partial charge in [0.15, 0.2) is 0 Å². The van der Waals surface area contributed by atoms with Crippen molar-refractivity contribution in [3.05, 3.63) is 64.7 Å². The van der Waals surface area contributed by atoms with Gasteiger partial charge in [0.2, 0.25) is 5.91 Å². The van der Waals surface area contributed by atoms with Crippen molar-refractivity contribution in [3.63, 3.8) is 0 Å². The van der Waals surface area contributed by atoms with E-state index in [0.29, 0.717) is 6.61 Å². The van der Waals surface area contributed by atoms with Crippen LogP contribution in [0.25, 0.3) is 0 Å². The lowest BCUT2D eigenvalue weighted by Gasteiger charge is -2.32. The van der Waals surface area contributed by atoms with Crippen LogP contribution in [0.15, 0.2) is 48.5 Å². The molecule has 0 aromatic heterocycles. The summed E-state index contributed by atoms with van der Waals surface area (Å²) in [5.41, 5.74) is 2.35. The molecule has 1 fully saturated rings. The van der Waals surface area contributed by atoms with E-state index in [4.69, 9.17) is 16.3 Å². The van der Waals surface area contributed by atoms with Crippen molar-refractivity contribution in [1.82, 2.24) is 10.2 Å². The lowest BCUT2D eigenvalue weighted by atomic mass is 9.95. The van der Waals surface area contributed by atoms with Gasteiger partial charge < -0.3 is 10.1 Å². The molecule has 0 radical (unpaired) electrons. The normalized spacial score (nSPS) is 16.5. The van der Waals surface area contributed by atoms with Crippen LogP contribution in [-0.2, 0) is 11.3 Å². The highest BCUT2D eigenvalue weighted by Crippen LogP contribution is 2.22. The maximum atomic E-state index is 12.6. The molecule has 2 aromatic carbocycles. The van der Waals surface area contributed by atoms with Crippen LogP contribution in [0.3, 0.4) is 0 Å². The number of nitrogens with one attached hydrogen (secondary N) is 1. The number of carbonyl (C=O) groups is 1. The highest BCUT2D eigenvalue weighted by Gasteiger charge is 2.26. The Hall–Kier alpha value is -2.04. The zero-order valence-corrected chi connectivity index (χ0v) is 17.4. The topological polar surface area (TPSA) is 41.6 Å². The van der Waals surface area contributed by atoms with Crippen LogP contribution < -0.4 is 10.1 Å². The van der Waals surface area contributed by atoms with Crippen LogP contribution in [0.1, 0.15) is 30.9 Å². The summed E-state index contributed by atoms with van der Waals surface area (Å²) in [6.45, 7) is 7.18. The van der Waals surface area contributed by atoms with Crippen molar-refractivity contribution in [1.29, 1.82) is 0 Å². The van der Waals surface area contributed by atoms with Gasteiger partial charge >= 0.3 is 0 Å². The van der Waals surface area contributed by atoms with Crippen LogP contribution in [0.4, 0.5) is 0 Å². The molecule has 0 saturated carbocycles. The van der Waals surface area contributed by atoms with Gasteiger partial charge in [-0.1, -0.05) is 47.5 Å². The molecule has 4 nitrogen and oxygen atoms in total. The van der Waals surface area contributed by atoms with Gasteiger partial charge in [-0.15, -0.1) is 0 Å². The molecule has 1 amide bonds. The van der Waals surface area contributed by atoms with Crippen molar-refractivity contribution in [2.24, 2.45) is 5.92 Å². The molecule has 1 aliphatic rings. The predicted molar refractivity (Wildman–Crippen MR) is 114 cm³/mol. The first-order valence-corrected chi connectivity index (χ1v) is 10.3. The minimum atomic E-state index is -0.0186. The van der Waals surface area contributed by atoms with Crippen LogP contribution in [0.5, 0.6) is 5.75 Å². The second-order valence-corrected chi connectivity index (χ2v) is 8.08. The lowest BCUT2D eigenvalue weighted by Crippen LogP contribution is -2.44. The van der Waals surface area contributed by atoms with Gasteiger partial charge in [0.1, 0.15) is 12.4 Å². The van der Waals surface area contributed by atoms with Crippen molar-refractivity contribution in [2.75, 3.05) is 19.7 Å². The maximum Gasteiger partial charge on any atom is 0.223 e. The molecule has 1 N–H and O–H groups in total. The fraction of sp³-hybridized carbons (Fsp3) is 0.435. The smallest absolute Gasteiger partial charge is 0.223 e. The van der Waals surface area contributed by atoms with Gasteiger partial charge in [-0.3, -0.25) is 9.69 Å². The molecule has 1 aliphatic heterocycles. The van der Waals surface area contributed by atoms with Crippen LogP contribution in [-0.4, -0.2) is 36.5 Å². The molecular formula is C23H29ClN2O2. The maximum absolute atomic E-state index is 12.6. The van der Waals surface area contributed by atoms with E-state index in [0.717, 1.165) is 48.8 Å². The number of halogens is 1. The fourth-order valence-electron chi connectivity index (χ4n) is 3.48. The van der Waals surface area contributed by atoms with Gasteiger partial charge in [0.25, 0.3) is 0 Å². The molecule has 1 atom stereocenters. The zero-order chi connectivity index (χ0) is 19.9. The van der Waals surface area contributed by atoms with Crippen molar-refractivity contribution < 1.29 is 9.53 Å². The monoisotopic (exact) mass is 400 g/mol. The Morgan fingerprint density at radius 2 is 1.86 bits per heavy atom. The van der Waals surface area contributed by atoms with Crippen molar-refractivity contribution in [2.45, 2.75) is 39.3 Å². The average Bonchev–Trinajstić information content (AvgIpc) is 2.70. The molecule has 0 bridgehead atoms. The molecule has 3 rings (SSSR count). The minimum absolute atomic E-state index is 0.0186. The van der Waals surface area contributed by atoms with Crippen molar-refractivity contribution in [3.8, 4) is 5.75 Å². The van der Waals surface area contributed by atoms with Crippen LogP contribution >= 0.6 is 11.6 Å². The standard InChI is InChI=1S/C23H29ClN2O2/c1-17-7-9-21(10-8-17)28-16-18(2)25-23(27)19-11-13-26(14-12-19)15-20-5-3-4-6-22(20)24/h3-10,18-19H,11-16H2,1-2H3,(H,25,27)/t18-/m0/s1. The third kappa shape index (κ3) is 5.98. The van der Waals surface area contributed by atoms with E-state index >= 15 is 0 Å². The van der Waals surface area contributed by atoms with Gasteiger partial charge in [-0.25, -0.2) is 0 Å². The first-order valence-electron chi connectivity index (χ1n) is 9.97. The fourth-order valence-corrected chi connectivity index (χ4v) is 3.67. The number of carbonyl (C=O) groups excluding carboxylic acids is 1. The molecule has 1 heterocycles. The molecular weight excluding hydrogens is 372 g/mol. The summed E-state index contributed by atoms with van der Waals surface area (Å²) in [5, 5.41) is 3.91. The summed E-state index contributed by atoms with van der Waals surface area (Å²) in [5.74, 6) is 1.04. The van der Waals surface area contributed by atoms with E-state index in [-0.39, 0.29) is 17.9 Å². The summed E-state index contributed by atoms with van der Waals surface area (Å²) in [6, 6.07) is 15.9. The summed E-state index contributed by atoms with van der Waals surface area (Å²) in [4.78, 5) is 14.9. The summed E-state index contributed by atoms with van der Waals surface area (Å²) >= 11 is 6.26. The van der Waals surface area contributed by atoms with E-state index in [9.17, 15) is 4.79 Å². The van der Waals surface area contributed by atoms with Gasteiger partial charge in [-0.05, 0) is 63.5 Å². The number of hydrogen-bond acceptors (Lipinski definition) is 3. The summed E-state index contributed by atoms with van der Waals surface area (Å²) in [6.07, 6.45) is 1.75. The SMILES string of the molecule is Cc1ccc(OC[C@H](C)NC(=O)C2CCN(Cc3ccccc3Cl)CC2)cc1. The highest BCUT2D eigenvalue weighted by molar-refractivity contribution is 6.31. The van der Waals surface area contributed by atoms with Crippen LogP contribution in [0.2, 0.25) is 5.02 Å². The molecule has 0 aliphatic carbocycles. The van der Waals surface area contributed by atoms with Gasteiger partial charge in [-0.2, -0.15) is 0 Å². The number of hydrogen-bond donors (Lipinski definition) is 1. The quantitative estimate of drug-likeness (QED) is 0.746. The number of aryl methyl sites for hydroxylation is 1. The van der Waals surface area contributed by atoms with E-state index in [1.165, 1.54) is 5.56 Å². The van der Waals surface area contributed by atoms with Crippen LogP contribution in [0, 0.1) is 12.8 Å². The Morgan fingerprint density at radius 3 is 2.54 bits per heavy atom. The van der Waals surface area contributed by atoms with E-state index < -0.39 is 0 Å². The van der Waals surface area contributed by atoms with E-state index in [1.807, 2.05) is 56.3 Å². The molecule has 2 aromatic rings. The second kappa shape index (κ2) is 9.94. The van der Waals surface area contributed by atoms with Gasteiger partial charge in [0, 0.05) is 17.5 Å². The first kappa shape index (κ1) is 20.7. The molecule has 0 unspecified atom stereocenters. The number of likely N-dealkylation sites (tertiary alicyclic amines) is 1. The average molecular weight is 401 g/mol. The van der Waals surface area contributed by atoms with Crippen molar-refractivity contribution >= 4 is 17.5 Å². The second-order valence-electron chi connectivity index (χ2n) is 7.68. The third-order valence-electron chi connectivity index (χ3n) is 5.22. The molecule has 1 saturated heterocycles. The number of piperidine rings is 1. The Kier molecular flexibility index (Phi) is 7.35. The Morgan fingerprint density at radius 1 is 1.18 bits per heavy atom. The summed E-state index contributed by atoms with van der Waals surface area (Å²) < 4.78 is 5.77. The number of amides is 1. The predicted octanol–water partition coefficient (Wildman–Crippen LogP) is 4.44. The number of ether oxygens (including phenoxy) is 1. The van der Waals surface area contributed by atoms with Gasteiger partial charge in [0.05, 0.1) is 6.04 Å². The Balaban J connectivity index is 1.39. The largest absolute Gasteiger partial charge is 0.491 e. The minimum Gasteiger partial charge on any atom is -0.491 e. The molecule has 28 heavy (non-hydrogen) atoms. The zero-order valence-electron chi connectivity index (χ0n) is 16.7. The number of benzene rings is 2. The lowest BCUT2D eigenvalue weighted by molar-refractivity contribution is -0.127. The number of nitrogens with zero attached hydrogens (tertiary/aromatic N) is 1. The Labute approximate surface area is 172 Å². The summed E-state index contributed by atoms with van der Waals surface area (Å²) in [7, 11) is 0. The first-order chi connectivity index (χ1) is 13.5. The number of rotatable bonds is 7. The highest BCUT2D eigenvalue weighted by atomic mass is 35.5. The van der Waals surface area contributed by atoms with E-state index in [1.54, 1.807) is 0 Å². The Bertz CT molecular complexity index is 770. The molecule has 5 heteroatoms.